The molecule has 1 amide bonds. The van der Waals surface area contributed by atoms with E-state index in [0.717, 1.165) is 25.7 Å². The molecule has 7 heteroatoms. The van der Waals surface area contributed by atoms with E-state index in [-0.39, 0.29) is 23.2 Å². The molecule has 1 saturated carbocycles. The molecule has 1 aromatic rings. The minimum atomic E-state index is -3.15. The molecule has 1 aromatic heterocycles. The van der Waals surface area contributed by atoms with Crippen molar-refractivity contribution in [1.82, 2.24) is 14.2 Å². The van der Waals surface area contributed by atoms with E-state index in [0.29, 0.717) is 18.8 Å². The molecule has 4 rings (SSSR count). The first kappa shape index (κ1) is 14.1. The van der Waals surface area contributed by atoms with Gasteiger partial charge < -0.3 is 4.90 Å². The Labute approximate surface area is 130 Å². The molecule has 22 heavy (non-hydrogen) atoms. The minimum absolute atomic E-state index is 0.00281. The van der Waals surface area contributed by atoms with E-state index in [1.165, 1.54) is 0 Å². The molecule has 3 heterocycles. The molecule has 0 unspecified atom stereocenters. The monoisotopic (exact) mass is 321 g/mol. The molecule has 0 radical (unpaired) electrons. The molecular formula is C15H19N3O3S. The maximum Gasteiger partial charge on any atom is 0.272 e. The van der Waals surface area contributed by atoms with Gasteiger partial charge >= 0.3 is 0 Å². The largest absolute Gasteiger partial charge is 0.333 e. The fraction of sp³-hybridized carbons (Fsp3) is 0.600. The number of rotatable bonds is 3. The molecule has 0 aromatic carbocycles. The number of pyridine rings is 1. The Morgan fingerprint density at radius 1 is 1.09 bits per heavy atom. The maximum atomic E-state index is 12.6. The Kier molecular flexibility index (Phi) is 3.23. The molecule has 0 bridgehead atoms. The number of nitrogens with zero attached hydrogens (tertiary/aromatic N) is 3. The number of sulfonamides is 1. The van der Waals surface area contributed by atoms with E-state index in [9.17, 15) is 13.2 Å². The van der Waals surface area contributed by atoms with Crippen LogP contribution in [-0.4, -0.2) is 58.9 Å². The number of carbonyl (C=O) groups excluding carboxylic acids is 1. The number of hydrogen-bond donors (Lipinski definition) is 0. The first-order chi connectivity index (χ1) is 10.6. The lowest BCUT2D eigenvalue weighted by atomic mass is 10.1. The summed E-state index contributed by atoms with van der Waals surface area (Å²) in [4.78, 5) is 18.5. The van der Waals surface area contributed by atoms with Gasteiger partial charge in [-0.1, -0.05) is 6.07 Å². The summed E-state index contributed by atoms with van der Waals surface area (Å²) in [5, 5.41) is -0.174. The van der Waals surface area contributed by atoms with Crippen molar-refractivity contribution in [3.8, 4) is 0 Å². The molecular weight excluding hydrogens is 302 g/mol. The van der Waals surface area contributed by atoms with Crippen LogP contribution in [0.1, 0.15) is 36.2 Å². The highest BCUT2D eigenvalue weighted by Gasteiger charge is 2.52. The average molecular weight is 321 g/mol. The second-order valence-electron chi connectivity index (χ2n) is 6.28. The van der Waals surface area contributed by atoms with Crippen LogP contribution in [-0.2, 0) is 10.0 Å². The lowest BCUT2D eigenvalue weighted by molar-refractivity contribution is 0.0729. The van der Waals surface area contributed by atoms with Crippen LogP contribution < -0.4 is 0 Å². The molecule has 2 saturated heterocycles. The Bertz CT molecular complexity index is 687. The fourth-order valence-electron chi connectivity index (χ4n) is 3.71. The van der Waals surface area contributed by atoms with Crippen molar-refractivity contribution in [2.45, 2.75) is 43.0 Å². The molecule has 3 aliphatic rings. The van der Waals surface area contributed by atoms with Gasteiger partial charge in [-0.05, 0) is 37.8 Å². The Balaban J connectivity index is 1.54. The Morgan fingerprint density at radius 3 is 2.55 bits per heavy atom. The number of amides is 1. The highest BCUT2D eigenvalue weighted by molar-refractivity contribution is 7.90. The van der Waals surface area contributed by atoms with Crippen molar-refractivity contribution >= 4 is 15.9 Å². The van der Waals surface area contributed by atoms with Crippen molar-refractivity contribution in [1.29, 1.82) is 0 Å². The van der Waals surface area contributed by atoms with E-state index in [2.05, 4.69) is 4.98 Å². The van der Waals surface area contributed by atoms with Gasteiger partial charge in [0.2, 0.25) is 10.0 Å². The van der Waals surface area contributed by atoms with Crippen molar-refractivity contribution in [3.05, 3.63) is 30.1 Å². The van der Waals surface area contributed by atoms with Gasteiger partial charge in [0.15, 0.2) is 0 Å². The maximum absolute atomic E-state index is 12.6. The van der Waals surface area contributed by atoms with Gasteiger partial charge in [-0.25, -0.2) is 8.42 Å². The third-order valence-electron chi connectivity index (χ3n) is 4.94. The van der Waals surface area contributed by atoms with Crippen molar-refractivity contribution in [2.24, 2.45) is 0 Å². The summed E-state index contributed by atoms with van der Waals surface area (Å²) in [6, 6.07) is 5.25. The van der Waals surface area contributed by atoms with Crippen LogP contribution in [0.2, 0.25) is 0 Å². The summed E-state index contributed by atoms with van der Waals surface area (Å²) in [6.07, 6.45) is 4.64. The summed E-state index contributed by atoms with van der Waals surface area (Å²) in [7, 11) is -3.15. The normalized spacial score (nSPS) is 28.8. The number of carbonyl (C=O) groups is 1. The predicted octanol–water partition coefficient (Wildman–Crippen LogP) is 0.863. The molecule has 3 fully saturated rings. The van der Waals surface area contributed by atoms with Crippen molar-refractivity contribution in [3.63, 3.8) is 0 Å². The molecule has 118 valence electrons. The van der Waals surface area contributed by atoms with E-state index in [4.69, 9.17) is 0 Å². The third-order valence-corrected chi connectivity index (χ3v) is 7.36. The summed E-state index contributed by atoms with van der Waals surface area (Å²) in [5.41, 5.74) is 0.437. The number of likely N-dealkylation sites (tertiary alicyclic amines) is 1. The van der Waals surface area contributed by atoms with Gasteiger partial charge in [0.25, 0.3) is 5.91 Å². The zero-order valence-corrected chi connectivity index (χ0v) is 13.1. The first-order valence-corrected chi connectivity index (χ1v) is 9.32. The van der Waals surface area contributed by atoms with Crippen LogP contribution in [0.3, 0.4) is 0 Å². The van der Waals surface area contributed by atoms with E-state index in [1.807, 2.05) is 4.90 Å². The minimum Gasteiger partial charge on any atom is -0.333 e. The SMILES string of the molecule is O=C(c1ccccn1)N1CC[C@@H]2[C@@H]1CCN2S(=O)(=O)C1CC1. The lowest BCUT2D eigenvalue weighted by Gasteiger charge is -2.25. The highest BCUT2D eigenvalue weighted by atomic mass is 32.2. The second kappa shape index (κ2) is 5.03. The molecule has 2 aliphatic heterocycles. The standard InChI is InChI=1S/C15H19N3O3S/c19-15(12-3-1-2-8-16-12)17-9-6-14-13(17)7-10-18(14)22(20,21)11-4-5-11/h1-3,8,11,13-14H,4-7,9-10H2/t13-,14+/m0/s1. The van der Waals surface area contributed by atoms with Gasteiger partial charge in [0.1, 0.15) is 5.69 Å². The van der Waals surface area contributed by atoms with Crippen LogP contribution >= 0.6 is 0 Å². The Morgan fingerprint density at radius 2 is 1.86 bits per heavy atom. The summed E-state index contributed by atoms with van der Waals surface area (Å²) in [6.45, 7) is 1.15. The van der Waals surface area contributed by atoms with Crippen LogP contribution in [0.25, 0.3) is 0 Å². The van der Waals surface area contributed by atoms with E-state index >= 15 is 0 Å². The summed E-state index contributed by atoms with van der Waals surface area (Å²) in [5.74, 6) is -0.0845. The van der Waals surface area contributed by atoms with Crippen LogP contribution in [0, 0.1) is 0 Å². The van der Waals surface area contributed by atoms with Gasteiger partial charge in [-0.15, -0.1) is 0 Å². The number of hydrogen-bond acceptors (Lipinski definition) is 4. The number of aromatic nitrogens is 1. The van der Waals surface area contributed by atoms with Crippen LogP contribution in [0.4, 0.5) is 0 Å². The topological polar surface area (TPSA) is 70.6 Å². The van der Waals surface area contributed by atoms with Crippen LogP contribution in [0.5, 0.6) is 0 Å². The predicted molar refractivity (Wildman–Crippen MR) is 80.7 cm³/mol. The highest BCUT2D eigenvalue weighted by Crippen LogP contribution is 2.39. The molecule has 0 N–H and O–H groups in total. The van der Waals surface area contributed by atoms with Crippen LogP contribution in [0.15, 0.2) is 24.4 Å². The van der Waals surface area contributed by atoms with Gasteiger partial charge in [0.05, 0.1) is 11.3 Å². The quantitative estimate of drug-likeness (QED) is 0.828. The lowest BCUT2D eigenvalue weighted by Crippen LogP contribution is -2.42. The molecule has 2 atom stereocenters. The van der Waals surface area contributed by atoms with Crippen molar-refractivity contribution in [2.75, 3.05) is 13.1 Å². The van der Waals surface area contributed by atoms with Gasteiger partial charge in [0, 0.05) is 25.3 Å². The second-order valence-corrected chi connectivity index (χ2v) is 8.45. The van der Waals surface area contributed by atoms with E-state index < -0.39 is 10.0 Å². The first-order valence-electron chi connectivity index (χ1n) is 7.82. The average Bonchev–Trinajstić information content (AvgIpc) is 3.18. The number of fused-ring (bicyclic) bond motifs is 1. The zero-order valence-electron chi connectivity index (χ0n) is 12.3. The van der Waals surface area contributed by atoms with E-state index in [1.54, 1.807) is 28.7 Å². The summed E-state index contributed by atoms with van der Waals surface area (Å²) >= 11 is 0. The molecule has 6 nitrogen and oxygen atoms in total. The Hall–Kier alpha value is -1.47. The smallest absolute Gasteiger partial charge is 0.272 e. The third kappa shape index (κ3) is 2.14. The molecule has 0 spiro atoms. The van der Waals surface area contributed by atoms with Gasteiger partial charge in [-0.2, -0.15) is 4.31 Å². The summed E-state index contributed by atoms with van der Waals surface area (Å²) < 4.78 is 26.7. The van der Waals surface area contributed by atoms with Crippen molar-refractivity contribution < 1.29 is 13.2 Å². The zero-order chi connectivity index (χ0) is 15.3. The fourth-order valence-corrected chi connectivity index (χ4v) is 5.81. The van der Waals surface area contributed by atoms with Gasteiger partial charge in [-0.3, -0.25) is 9.78 Å². The molecule has 1 aliphatic carbocycles.